The maximum Gasteiger partial charge on any atom is 0.419 e. The number of hydrogen-bond acceptors (Lipinski definition) is 1. The van der Waals surface area contributed by atoms with Crippen LogP contribution in [-0.4, -0.2) is 6.61 Å². The van der Waals surface area contributed by atoms with Crippen molar-refractivity contribution in [3.63, 3.8) is 0 Å². The molecule has 2 aromatic carbocycles. The van der Waals surface area contributed by atoms with Gasteiger partial charge in [-0.15, -0.1) is 0 Å². The maximum atomic E-state index is 14.4. The van der Waals surface area contributed by atoms with E-state index in [1.165, 1.54) is 12.1 Å². The quantitative estimate of drug-likeness (QED) is 0.303. The summed E-state index contributed by atoms with van der Waals surface area (Å²) in [6.45, 7) is 1.55. The number of rotatable bonds is 7. The molecule has 0 atom stereocenters. The van der Waals surface area contributed by atoms with Crippen LogP contribution >= 0.6 is 0 Å². The first kappa shape index (κ1) is 24.4. The first-order chi connectivity index (χ1) is 15.1. The SMILES string of the molecule is CC=CC1CCC(c2ccc(C(F)(F)OCCc3ccc(C(F)(F)F)c(F)c3)cc2)CC1. The summed E-state index contributed by atoms with van der Waals surface area (Å²) in [5.41, 5.74) is -0.496. The summed E-state index contributed by atoms with van der Waals surface area (Å²) >= 11 is 0. The summed E-state index contributed by atoms with van der Waals surface area (Å²) in [6, 6.07) is 8.48. The van der Waals surface area contributed by atoms with Crippen LogP contribution in [0.3, 0.4) is 0 Å². The molecule has 1 aliphatic rings. The molecular formula is C25H26F6O. The molecule has 174 valence electrons. The lowest BCUT2D eigenvalue weighted by Crippen LogP contribution is -2.20. The second-order valence-corrected chi connectivity index (χ2v) is 8.19. The number of benzene rings is 2. The van der Waals surface area contributed by atoms with Gasteiger partial charge in [0.1, 0.15) is 5.82 Å². The fourth-order valence-electron chi connectivity index (χ4n) is 4.19. The van der Waals surface area contributed by atoms with Crippen molar-refractivity contribution in [1.29, 1.82) is 0 Å². The first-order valence-electron chi connectivity index (χ1n) is 10.7. The first-order valence-corrected chi connectivity index (χ1v) is 10.7. The van der Waals surface area contributed by atoms with E-state index in [1.54, 1.807) is 12.1 Å². The number of ether oxygens (including phenoxy) is 1. The summed E-state index contributed by atoms with van der Waals surface area (Å²) < 4.78 is 85.0. The summed E-state index contributed by atoms with van der Waals surface area (Å²) in [7, 11) is 0. The summed E-state index contributed by atoms with van der Waals surface area (Å²) in [5.74, 6) is -0.488. The maximum absolute atomic E-state index is 14.4. The van der Waals surface area contributed by atoms with Crippen molar-refractivity contribution in [2.75, 3.05) is 6.61 Å². The molecule has 0 bridgehead atoms. The van der Waals surface area contributed by atoms with Crippen molar-refractivity contribution < 1.29 is 31.1 Å². The molecular weight excluding hydrogens is 430 g/mol. The zero-order valence-corrected chi connectivity index (χ0v) is 17.8. The highest BCUT2D eigenvalue weighted by Gasteiger charge is 2.35. The third-order valence-corrected chi connectivity index (χ3v) is 5.97. The van der Waals surface area contributed by atoms with Crippen LogP contribution in [0.2, 0.25) is 0 Å². The second kappa shape index (κ2) is 10.1. The largest absolute Gasteiger partial charge is 0.419 e. The van der Waals surface area contributed by atoms with Gasteiger partial charge in [-0.2, -0.15) is 22.0 Å². The minimum atomic E-state index is -4.80. The summed E-state index contributed by atoms with van der Waals surface area (Å²) in [6.07, 6.45) is -0.00182. The van der Waals surface area contributed by atoms with E-state index in [-0.39, 0.29) is 17.5 Å². The van der Waals surface area contributed by atoms with Crippen LogP contribution in [0.1, 0.15) is 60.8 Å². The van der Waals surface area contributed by atoms with Crippen LogP contribution in [0.25, 0.3) is 0 Å². The average molecular weight is 456 g/mol. The second-order valence-electron chi connectivity index (χ2n) is 8.19. The number of alkyl halides is 5. The van der Waals surface area contributed by atoms with Crippen molar-refractivity contribution in [3.8, 4) is 0 Å². The van der Waals surface area contributed by atoms with Gasteiger partial charge in [-0.3, -0.25) is 0 Å². The number of hydrogen-bond donors (Lipinski definition) is 0. The molecule has 0 spiro atoms. The lowest BCUT2D eigenvalue weighted by Gasteiger charge is -2.27. The van der Waals surface area contributed by atoms with Gasteiger partial charge in [0, 0.05) is 0 Å². The van der Waals surface area contributed by atoms with Gasteiger partial charge < -0.3 is 4.74 Å². The smallest absolute Gasteiger partial charge is 0.316 e. The molecule has 0 N–H and O–H groups in total. The Hall–Kier alpha value is -2.28. The van der Waals surface area contributed by atoms with E-state index in [9.17, 15) is 26.3 Å². The normalized spacial score (nSPS) is 20.1. The molecule has 1 saturated carbocycles. The molecule has 1 fully saturated rings. The standard InChI is InChI=1S/C25H26F6O/c1-2-3-17-4-7-19(8-5-17)20-9-11-21(12-10-20)25(30,31)32-15-14-18-6-13-22(23(26)16-18)24(27,28)29/h2-3,6,9-13,16-17,19H,4-5,7-8,14-15H2,1H3. The van der Waals surface area contributed by atoms with Crippen LogP contribution < -0.4 is 0 Å². The van der Waals surface area contributed by atoms with Gasteiger partial charge in [-0.05, 0) is 74.1 Å². The van der Waals surface area contributed by atoms with E-state index in [4.69, 9.17) is 4.74 Å². The van der Waals surface area contributed by atoms with Crippen molar-refractivity contribution in [2.24, 2.45) is 5.92 Å². The monoisotopic (exact) mass is 456 g/mol. The Morgan fingerprint density at radius 2 is 1.59 bits per heavy atom. The Morgan fingerprint density at radius 1 is 0.938 bits per heavy atom. The third kappa shape index (κ3) is 6.15. The van der Waals surface area contributed by atoms with Gasteiger partial charge in [-0.25, -0.2) is 4.39 Å². The lowest BCUT2D eigenvalue weighted by atomic mass is 9.78. The zero-order chi connectivity index (χ0) is 23.4. The molecule has 3 rings (SSSR count). The molecule has 7 heteroatoms. The summed E-state index contributed by atoms with van der Waals surface area (Å²) in [5, 5.41) is 0. The number of allylic oxidation sites excluding steroid dienone is 2. The minimum Gasteiger partial charge on any atom is -0.316 e. The van der Waals surface area contributed by atoms with Gasteiger partial charge >= 0.3 is 12.3 Å². The fourth-order valence-corrected chi connectivity index (χ4v) is 4.19. The highest BCUT2D eigenvalue weighted by molar-refractivity contribution is 5.28. The molecule has 1 nitrogen and oxygen atoms in total. The lowest BCUT2D eigenvalue weighted by molar-refractivity contribution is -0.248. The molecule has 0 radical (unpaired) electrons. The van der Waals surface area contributed by atoms with Crippen LogP contribution in [0.5, 0.6) is 0 Å². The van der Waals surface area contributed by atoms with Crippen LogP contribution in [0, 0.1) is 11.7 Å². The Labute approximate surface area is 184 Å². The zero-order valence-electron chi connectivity index (χ0n) is 17.8. The predicted octanol–water partition coefficient (Wildman–Crippen LogP) is 8.00. The van der Waals surface area contributed by atoms with E-state index in [1.807, 2.05) is 6.92 Å². The topological polar surface area (TPSA) is 9.23 Å². The van der Waals surface area contributed by atoms with E-state index in [2.05, 4.69) is 12.2 Å². The minimum absolute atomic E-state index is 0.141. The average Bonchev–Trinajstić information content (AvgIpc) is 2.74. The van der Waals surface area contributed by atoms with E-state index >= 15 is 0 Å². The fraction of sp³-hybridized carbons (Fsp3) is 0.440. The van der Waals surface area contributed by atoms with Crippen molar-refractivity contribution >= 4 is 0 Å². The molecule has 0 amide bonds. The molecule has 0 saturated heterocycles. The Balaban J connectivity index is 1.55. The molecule has 0 unspecified atom stereocenters. The van der Waals surface area contributed by atoms with Gasteiger partial charge in [0.15, 0.2) is 0 Å². The summed E-state index contributed by atoms with van der Waals surface area (Å²) in [4.78, 5) is 0. The molecule has 32 heavy (non-hydrogen) atoms. The van der Waals surface area contributed by atoms with Gasteiger partial charge in [-0.1, -0.05) is 42.5 Å². The predicted molar refractivity (Wildman–Crippen MR) is 111 cm³/mol. The third-order valence-electron chi connectivity index (χ3n) is 5.97. The Bertz CT molecular complexity index is 909. The molecule has 1 aliphatic carbocycles. The Morgan fingerprint density at radius 3 is 2.16 bits per heavy atom. The number of halogens is 6. The van der Waals surface area contributed by atoms with Crippen molar-refractivity contribution in [2.45, 2.75) is 57.2 Å². The molecule has 0 heterocycles. The van der Waals surface area contributed by atoms with Crippen molar-refractivity contribution in [3.05, 3.63) is 82.7 Å². The van der Waals surface area contributed by atoms with Gasteiger partial charge in [0.2, 0.25) is 0 Å². The molecule has 0 aliphatic heterocycles. The van der Waals surface area contributed by atoms with Gasteiger partial charge in [0.05, 0.1) is 17.7 Å². The van der Waals surface area contributed by atoms with Crippen LogP contribution in [0.15, 0.2) is 54.6 Å². The highest BCUT2D eigenvalue weighted by atomic mass is 19.4. The van der Waals surface area contributed by atoms with Gasteiger partial charge in [0.25, 0.3) is 0 Å². The highest BCUT2D eigenvalue weighted by Crippen LogP contribution is 2.38. The van der Waals surface area contributed by atoms with E-state index in [0.717, 1.165) is 37.3 Å². The Kier molecular flexibility index (Phi) is 7.70. The van der Waals surface area contributed by atoms with Crippen LogP contribution in [-0.2, 0) is 23.4 Å². The van der Waals surface area contributed by atoms with Crippen LogP contribution in [0.4, 0.5) is 26.3 Å². The van der Waals surface area contributed by atoms with E-state index in [0.29, 0.717) is 24.0 Å². The van der Waals surface area contributed by atoms with E-state index < -0.39 is 30.3 Å². The molecule has 0 aromatic heterocycles. The molecule has 2 aromatic rings. The van der Waals surface area contributed by atoms with Crippen molar-refractivity contribution in [1.82, 2.24) is 0 Å².